The summed E-state index contributed by atoms with van der Waals surface area (Å²) in [4.78, 5) is 37.1. The fraction of sp³-hybridized carbons (Fsp3) is 0.400. The molecule has 4 heteroatoms. The van der Waals surface area contributed by atoms with Crippen molar-refractivity contribution in [3.63, 3.8) is 0 Å². The van der Waals surface area contributed by atoms with Crippen LogP contribution in [-0.4, -0.2) is 24.0 Å². The Hall–Kier alpha value is -1.97. The molecule has 0 saturated carbocycles. The number of hydrogen-bond donors (Lipinski definition) is 0. The zero-order chi connectivity index (χ0) is 14.3. The SMILES string of the molecule is Cc1cc(C)c2c(c1)C(=O)C(=O)N2CC(=O)C(C)C. The lowest BCUT2D eigenvalue weighted by Crippen LogP contribution is -2.36. The molecule has 0 radical (unpaired) electrons. The van der Waals surface area contributed by atoms with Gasteiger partial charge in [0.25, 0.3) is 11.7 Å². The predicted molar refractivity (Wildman–Crippen MR) is 72.4 cm³/mol. The number of aryl methyl sites for hydroxylation is 2. The van der Waals surface area contributed by atoms with Crippen LogP contribution in [0.4, 0.5) is 5.69 Å². The largest absolute Gasteiger partial charge is 0.299 e. The Morgan fingerprint density at radius 2 is 1.84 bits per heavy atom. The second-order valence-corrected chi connectivity index (χ2v) is 5.32. The van der Waals surface area contributed by atoms with Crippen molar-refractivity contribution in [1.82, 2.24) is 0 Å². The van der Waals surface area contributed by atoms with Gasteiger partial charge < -0.3 is 0 Å². The van der Waals surface area contributed by atoms with E-state index in [2.05, 4.69) is 0 Å². The summed E-state index contributed by atoms with van der Waals surface area (Å²) < 4.78 is 0. The van der Waals surface area contributed by atoms with Gasteiger partial charge >= 0.3 is 0 Å². The molecule has 2 rings (SSSR count). The molecule has 19 heavy (non-hydrogen) atoms. The van der Waals surface area contributed by atoms with Crippen molar-refractivity contribution in [3.8, 4) is 0 Å². The van der Waals surface area contributed by atoms with E-state index in [0.29, 0.717) is 11.3 Å². The van der Waals surface area contributed by atoms with Gasteiger partial charge in [0.15, 0.2) is 5.78 Å². The van der Waals surface area contributed by atoms with Crippen molar-refractivity contribution in [1.29, 1.82) is 0 Å². The van der Waals surface area contributed by atoms with E-state index in [1.54, 1.807) is 19.9 Å². The van der Waals surface area contributed by atoms with Gasteiger partial charge in [-0.25, -0.2) is 0 Å². The summed E-state index contributed by atoms with van der Waals surface area (Å²) in [7, 11) is 0. The highest BCUT2D eigenvalue weighted by molar-refractivity contribution is 6.52. The van der Waals surface area contributed by atoms with Gasteiger partial charge in [0.2, 0.25) is 0 Å². The molecule has 0 N–H and O–H groups in total. The van der Waals surface area contributed by atoms with Gasteiger partial charge in [-0.05, 0) is 31.0 Å². The van der Waals surface area contributed by atoms with E-state index >= 15 is 0 Å². The van der Waals surface area contributed by atoms with Crippen LogP contribution in [0.3, 0.4) is 0 Å². The molecular weight excluding hydrogens is 242 g/mol. The van der Waals surface area contributed by atoms with Crippen LogP contribution in [0.5, 0.6) is 0 Å². The quantitative estimate of drug-likeness (QED) is 0.781. The minimum atomic E-state index is -0.599. The summed E-state index contributed by atoms with van der Waals surface area (Å²) in [5, 5.41) is 0. The summed E-state index contributed by atoms with van der Waals surface area (Å²) >= 11 is 0. The first-order valence-electron chi connectivity index (χ1n) is 6.33. The Kier molecular flexibility index (Phi) is 3.27. The van der Waals surface area contributed by atoms with E-state index < -0.39 is 11.7 Å². The summed E-state index contributed by atoms with van der Waals surface area (Å²) in [5.41, 5.74) is 2.80. The molecule has 0 saturated heterocycles. The number of benzene rings is 1. The fourth-order valence-corrected chi connectivity index (χ4v) is 2.32. The first-order valence-corrected chi connectivity index (χ1v) is 6.33. The normalized spacial score (nSPS) is 14.3. The molecular formula is C15H17NO3. The highest BCUT2D eigenvalue weighted by Gasteiger charge is 2.38. The van der Waals surface area contributed by atoms with Crippen molar-refractivity contribution in [3.05, 3.63) is 28.8 Å². The molecule has 4 nitrogen and oxygen atoms in total. The zero-order valence-electron chi connectivity index (χ0n) is 11.6. The maximum absolute atomic E-state index is 12.0. The van der Waals surface area contributed by atoms with Crippen LogP contribution >= 0.6 is 0 Å². The third kappa shape index (κ3) is 2.18. The number of anilines is 1. The number of fused-ring (bicyclic) bond motifs is 1. The van der Waals surface area contributed by atoms with Crippen LogP contribution in [-0.2, 0) is 9.59 Å². The van der Waals surface area contributed by atoms with Crippen molar-refractivity contribution < 1.29 is 14.4 Å². The summed E-state index contributed by atoms with van der Waals surface area (Å²) in [6.45, 7) is 7.28. The lowest BCUT2D eigenvalue weighted by Gasteiger charge is -2.19. The molecule has 0 fully saturated rings. The van der Waals surface area contributed by atoms with Gasteiger partial charge in [-0.2, -0.15) is 0 Å². The second kappa shape index (κ2) is 4.61. The third-order valence-electron chi connectivity index (χ3n) is 3.36. The number of amides is 1. The average Bonchev–Trinajstić information content (AvgIpc) is 2.54. The van der Waals surface area contributed by atoms with Crippen molar-refractivity contribution in [2.45, 2.75) is 27.7 Å². The maximum Gasteiger partial charge on any atom is 0.299 e. The topological polar surface area (TPSA) is 54.5 Å². The van der Waals surface area contributed by atoms with Crippen molar-refractivity contribution in [2.75, 3.05) is 11.4 Å². The fourth-order valence-electron chi connectivity index (χ4n) is 2.32. The first-order chi connectivity index (χ1) is 8.82. The van der Waals surface area contributed by atoms with Crippen molar-refractivity contribution >= 4 is 23.2 Å². The second-order valence-electron chi connectivity index (χ2n) is 5.32. The molecule has 1 aromatic carbocycles. The summed E-state index contributed by atoms with van der Waals surface area (Å²) in [6, 6.07) is 3.62. The van der Waals surface area contributed by atoms with E-state index in [4.69, 9.17) is 0 Å². The minimum Gasteiger partial charge on any atom is -0.297 e. The van der Waals surface area contributed by atoms with E-state index in [-0.39, 0.29) is 18.2 Å². The lowest BCUT2D eigenvalue weighted by atomic mass is 10.0. The van der Waals surface area contributed by atoms with Crippen LogP contribution in [0.1, 0.15) is 35.3 Å². The minimum absolute atomic E-state index is 0.0286. The summed E-state index contributed by atoms with van der Waals surface area (Å²) in [6.07, 6.45) is 0. The highest BCUT2D eigenvalue weighted by atomic mass is 16.2. The predicted octanol–water partition coefficient (Wildman–Crippen LogP) is 2.06. The van der Waals surface area contributed by atoms with Gasteiger partial charge in [0, 0.05) is 5.92 Å². The van der Waals surface area contributed by atoms with Gasteiger partial charge in [0.05, 0.1) is 17.8 Å². The van der Waals surface area contributed by atoms with Gasteiger partial charge in [-0.3, -0.25) is 19.3 Å². The molecule has 0 bridgehead atoms. The molecule has 0 atom stereocenters. The van der Waals surface area contributed by atoms with Crippen LogP contribution < -0.4 is 4.90 Å². The van der Waals surface area contributed by atoms with E-state index in [0.717, 1.165) is 11.1 Å². The van der Waals surface area contributed by atoms with Crippen LogP contribution in [0.2, 0.25) is 0 Å². The van der Waals surface area contributed by atoms with Crippen LogP contribution in [0.25, 0.3) is 0 Å². The zero-order valence-corrected chi connectivity index (χ0v) is 11.6. The Morgan fingerprint density at radius 1 is 1.21 bits per heavy atom. The molecule has 1 heterocycles. The number of Topliss-reactive ketones (excluding diaryl/α,β-unsaturated/α-hetero) is 2. The summed E-state index contributed by atoms with van der Waals surface area (Å²) in [5.74, 6) is -1.32. The van der Waals surface area contributed by atoms with E-state index in [1.807, 2.05) is 19.9 Å². The smallest absolute Gasteiger partial charge is 0.297 e. The molecule has 1 aliphatic heterocycles. The maximum atomic E-state index is 12.0. The number of rotatable bonds is 3. The molecule has 100 valence electrons. The van der Waals surface area contributed by atoms with Crippen molar-refractivity contribution in [2.24, 2.45) is 5.92 Å². The van der Waals surface area contributed by atoms with Gasteiger partial charge in [-0.15, -0.1) is 0 Å². The Labute approximate surface area is 112 Å². The molecule has 0 unspecified atom stereocenters. The Morgan fingerprint density at radius 3 is 2.42 bits per heavy atom. The molecule has 1 aliphatic rings. The Balaban J connectivity index is 2.47. The van der Waals surface area contributed by atoms with Gasteiger partial charge in [0.1, 0.15) is 0 Å². The number of hydrogen-bond acceptors (Lipinski definition) is 3. The molecule has 1 aromatic rings. The number of carbonyl (C=O) groups is 3. The van der Waals surface area contributed by atoms with E-state index in [9.17, 15) is 14.4 Å². The molecule has 0 aromatic heterocycles. The van der Waals surface area contributed by atoms with Crippen LogP contribution in [0.15, 0.2) is 12.1 Å². The standard InChI is InChI=1S/C15H17NO3/c1-8(2)12(17)7-16-13-10(4)5-9(3)6-11(13)14(18)15(16)19/h5-6,8H,7H2,1-4H3. The van der Waals surface area contributed by atoms with Gasteiger partial charge in [-0.1, -0.05) is 19.9 Å². The monoisotopic (exact) mass is 259 g/mol. The molecule has 0 spiro atoms. The molecule has 1 amide bonds. The number of nitrogens with zero attached hydrogens (tertiary/aromatic N) is 1. The first kappa shape index (κ1) is 13.5. The van der Waals surface area contributed by atoms with Crippen LogP contribution in [0, 0.1) is 19.8 Å². The average molecular weight is 259 g/mol. The number of carbonyl (C=O) groups excluding carboxylic acids is 3. The number of ketones is 2. The Bertz CT molecular complexity index is 587. The lowest BCUT2D eigenvalue weighted by molar-refractivity contribution is -0.122. The molecule has 0 aliphatic carbocycles. The van der Waals surface area contributed by atoms with E-state index in [1.165, 1.54) is 4.90 Å². The highest BCUT2D eigenvalue weighted by Crippen LogP contribution is 2.33. The third-order valence-corrected chi connectivity index (χ3v) is 3.36.